The molecule has 30 heavy (non-hydrogen) atoms. The lowest BCUT2D eigenvalue weighted by molar-refractivity contribution is -0.137. The smallest absolute Gasteiger partial charge is 0.416 e. The molecule has 0 radical (unpaired) electrons. The van der Waals surface area contributed by atoms with E-state index in [4.69, 9.17) is 0 Å². The van der Waals surface area contributed by atoms with Gasteiger partial charge in [0.15, 0.2) is 0 Å². The standard InChI is InChI=1S/C23H14F4O2S/c24-20-8-7-18(14-4-2-5-15(11-14)22(28)29)21-19(20)12-17(30-21)10-13-3-1-6-16(9-13)23(25,26)27/h1-9,11-12H,10H2,(H,28,29). The van der Waals surface area contributed by atoms with Gasteiger partial charge >= 0.3 is 12.1 Å². The number of aromatic carboxylic acids is 1. The second-order valence-electron chi connectivity index (χ2n) is 6.81. The van der Waals surface area contributed by atoms with Crippen LogP contribution in [0.1, 0.15) is 26.4 Å². The SMILES string of the molecule is O=C(O)c1cccc(-c2ccc(F)c3cc(Cc4cccc(C(F)(F)F)c4)sc23)c1. The number of hydrogen-bond acceptors (Lipinski definition) is 2. The maximum atomic E-state index is 14.4. The van der Waals surface area contributed by atoms with Gasteiger partial charge in [-0.2, -0.15) is 13.2 Å². The van der Waals surface area contributed by atoms with Crippen molar-refractivity contribution in [2.24, 2.45) is 0 Å². The highest BCUT2D eigenvalue weighted by molar-refractivity contribution is 7.19. The molecule has 1 N–H and O–H groups in total. The zero-order valence-electron chi connectivity index (χ0n) is 15.3. The van der Waals surface area contributed by atoms with Crippen LogP contribution in [0.5, 0.6) is 0 Å². The summed E-state index contributed by atoms with van der Waals surface area (Å²) in [5.74, 6) is -1.50. The Morgan fingerprint density at radius 3 is 2.47 bits per heavy atom. The van der Waals surface area contributed by atoms with Crippen LogP contribution in [0, 0.1) is 5.82 Å². The average molecular weight is 430 g/mol. The number of carbonyl (C=O) groups is 1. The highest BCUT2D eigenvalue weighted by Gasteiger charge is 2.30. The molecule has 0 unspecified atom stereocenters. The number of rotatable bonds is 4. The van der Waals surface area contributed by atoms with Gasteiger partial charge in [-0.3, -0.25) is 0 Å². The summed E-state index contributed by atoms with van der Waals surface area (Å²) in [5.41, 5.74) is 1.18. The van der Waals surface area contributed by atoms with Gasteiger partial charge in [-0.15, -0.1) is 11.3 Å². The zero-order valence-corrected chi connectivity index (χ0v) is 16.2. The van der Waals surface area contributed by atoms with Crippen molar-refractivity contribution in [3.05, 3.63) is 94.1 Å². The van der Waals surface area contributed by atoms with Crippen molar-refractivity contribution in [2.45, 2.75) is 12.6 Å². The molecule has 152 valence electrons. The van der Waals surface area contributed by atoms with Crippen LogP contribution < -0.4 is 0 Å². The Hall–Kier alpha value is -3.19. The van der Waals surface area contributed by atoms with Gasteiger partial charge in [0.05, 0.1) is 11.1 Å². The zero-order chi connectivity index (χ0) is 21.5. The van der Waals surface area contributed by atoms with Crippen LogP contribution in [0.25, 0.3) is 21.2 Å². The number of hydrogen-bond donors (Lipinski definition) is 1. The van der Waals surface area contributed by atoms with Crippen molar-refractivity contribution < 1.29 is 27.5 Å². The average Bonchev–Trinajstić information content (AvgIpc) is 3.12. The van der Waals surface area contributed by atoms with Gasteiger partial charge in [0.25, 0.3) is 0 Å². The van der Waals surface area contributed by atoms with Crippen molar-refractivity contribution in [1.29, 1.82) is 0 Å². The summed E-state index contributed by atoms with van der Waals surface area (Å²) < 4.78 is 54.0. The minimum atomic E-state index is -4.43. The normalized spacial score (nSPS) is 11.7. The summed E-state index contributed by atoms with van der Waals surface area (Å²) in [6.07, 6.45) is -4.19. The lowest BCUT2D eigenvalue weighted by Gasteiger charge is -2.08. The molecule has 0 atom stereocenters. The summed E-state index contributed by atoms with van der Waals surface area (Å²) in [4.78, 5) is 12.0. The molecule has 0 fully saturated rings. The van der Waals surface area contributed by atoms with Crippen LogP contribution in [-0.2, 0) is 12.6 Å². The number of alkyl halides is 3. The second-order valence-corrected chi connectivity index (χ2v) is 7.95. The quantitative estimate of drug-likeness (QED) is 0.354. The van der Waals surface area contributed by atoms with Crippen LogP contribution >= 0.6 is 11.3 Å². The first kappa shape index (κ1) is 20.1. The van der Waals surface area contributed by atoms with Crippen LogP contribution in [0.15, 0.2) is 66.7 Å². The predicted molar refractivity (Wildman–Crippen MR) is 108 cm³/mol. The van der Waals surface area contributed by atoms with Gasteiger partial charge in [0.1, 0.15) is 5.82 Å². The lowest BCUT2D eigenvalue weighted by Crippen LogP contribution is -2.05. The van der Waals surface area contributed by atoms with Gasteiger partial charge in [-0.1, -0.05) is 36.4 Å². The topological polar surface area (TPSA) is 37.3 Å². The fraction of sp³-hybridized carbons (Fsp3) is 0.0870. The minimum Gasteiger partial charge on any atom is -0.478 e. The van der Waals surface area contributed by atoms with Crippen molar-refractivity contribution >= 4 is 27.4 Å². The Morgan fingerprint density at radius 2 is 1.73 bits per heavy atom. The maximum absolute atomic E-state index is 14.4. The molecule has 0 bridgehead atoms. The number of carboxylic acids is 1. The number of thiophene rings is 1. The van der Waals surface area contributed by atoms with Crippen molar-refractivity contribution in [2.75, 3.05) is 0 Å². The third kappa shape index (κ3) is 3.93. The predicted octanol–water partition coefficient (Wildman–Crippen LogP) is 7.02. The molecular formula is C23H14F4O2S. The Labute approximate surface area is 173 Å². The fourth-order valence-electron chi connectivity index (χ4n) is 3.33. The fourth-order valence-corrected chi connectivity index (χ4v) is 4.57. The molecule has 3 aromatic carbocycles. The summed E-state index contributed by atoms with van der Waals surface area (Å²) in [6.45, 7) is 0. The van der Waals surface area contributed by atoms with Gasteiger partial charge in [0.2, 0.25) is 0 Å². The van der Waals surface area contributed by atoms with Gasteiger partial charge in [0, 0.05) is 21.4 Å². The number of carboxylic acid groups (broad SMARTS) is 1. The number of halogens is 4. The highest BCUT2D eigenvalue weighted by atomic mass is 32.1. The largest absolute Gasteiger partial charge is 0.478 e. The van der Waals surface area contributed by atoms with Crippen molar-refractivity contribution in [3.8, 4) is 11.1 Å². The molecule has 7 heteroatoms. The van der Waals surface area contributed by atoms with E-state index in [2.05, 4.69) is 0 Å². The summed E-state index contributed by atoms with van der Waals surface area (Å²) >= 11 is 1.29. The first-order valence-electron chi connectivity index (χ1n) is 8.93. The first-order chi connectivity index (χ1) is 14.2. The molecule has 4 rings (SSSR count). The van der Waals surface area contributed by atoms with Gasteiger partial charge in [-0.05, 0) is 47.0 Å². The monoisotopic (exact) mass is 430 g/mol. The van der Waals surface area contributed by atoms with Crippen molar-refractivity contribution in [1.82, 2.24) is 0 Å². The molecule has 0 aliphatic heterocycles. The molecule has 0 saturated carbocycles. The first-order valence-corrected chi connectivity index (χ1v) is 9.75. The third-order valence-electron chi connectivity index (χ3n) is 4.73. The third-order valence-corrected chi connectivity index (χ3v) is 5.90. The van der Waals surface area contributed by atoms with Gasteiger partial charge in [-0.25, -0.2) is 9.18 Å². The van der Waals surface area contributed by atoms with E-state index in [1.807, 2.05) is 0 Å². The molecule has 0 aliphatic rings. The Bertz CT molecular complexity index is 1260. The van der Waals surface area contributed by atoms with Crippen LogP contribution in [0.3, 0.4) is 0 Å². The summed E-state index contributed by atoms with van der Waals surface area (Å²) in [6, 6.07) is 16.0. The molecule has 1 heterocycles. The van der Waals surface area contributed by atoms with Crippen LogP contribution in [0.4, 0.5) is 17.6 Å². The van der Waals surface area contributed by atoms with E-state index >= 15 is 0 Å². The van der Waals surface area contributed by atoms with E-state index in [1.54, 1.807) is 30.3 Å². The molecular weight excluding hydrogens is 416 g/mol. The molecule has 0 saturated heterocycles. The summed E-state index contributed by atoms with van der Waals surface area (Å²) in [7, 11) is 0. The number of fused-ring (bicyclic) bond motifs is 1. The lowest BCUT2D eigenvalue weighted by atomic mass is 10.0. The minimum absolute atomic E-state index is 0.116. The summed E-state index contributed by atoms with van der Waals surface area (Å²) in [5, 5.41) is 9.59. The molecule has 0 amide bonds. The molecule has 2 nitrogen and oxygen atoms in total. The Kier molecular flexibility index (Phi) is 5.07. The van der Waals surface area contributed by atoms with E-state index in [9.17, 15) is 27.5 Å². The molecule has 4 aromatic rings. The second kappa shape index (κ2) is 7.57. The van der Waals surface area contributed by atoms with E-state index < -0.39 is 23.5 Å². The molecule has 1 aromatic heterocycles. The van der Waals surface area contributed by atoms with Crippen LogP contribution in [-0.4, -0.2) is 11.1 Å². The van der Waals surface area contributed by atoms with Crippen LogP contribution in [0.2, 0.25) is 0 Å². The van der Waals surface area contributed by atoms with E-state index in [0.29, 0.717) is 31.7 Å². The number of benzene rings is 3. The Balaban J connectivity index is 1.76. The highest BCUT2D eigenvalue weighted by Crippen LogP contribution is 2.38. The maximum Gasteiger partial charge on any atom is 0.416 e. The Morgan fingerprint density at radius 1 is 0.967 bits per heavy atom. The van der Waals surface area contributed by atoms with Crippen molar-refractivity contribution in [3.63, 3.8) is 0 Å². The van der Waals surface area contributed by atoms with E-state index in [1.165, 1.54) is 35.6 Å². The van der Waals surface area contributed by atoms with E-state index in [0.717, 1.165) is 12.1 Å². The van der Waals surface area contributed by atoms with Gasteiger partial charge < -0.3 is 5.11 Å². The molecule has 0 spiro atoms. The van der Waals surface area contributed by atoms with E-state index in [-0.39, 0.29) is 12.0 Å². The molecule has 0 aliphatic carbocycles.